The van der Waals surface area contributed by atoms with Crippen LogP contribution in [0.3, 0.4) is 0 Å². The summed E-state index contributed by atoms with van der Waals surface area (Å²) in [4.78, 5) is 10.6. The molecular formula is C7H16N2O5S. The van der Waals surface area contributed by atoms with E-state index in [2.05, 4.69) is 9.46 Å². The molecule has 0 spiro atoms. The predicted molar refractivity (Wildman–Crippen MR) is 53.3 cm³/mol. The average Bonchev–Trinajstić information content (AvgIpc) is 2.15. The lowest BCUT2D eigenvalue weighted by atomic mass is 10.1. The Labute approximate surface area is 89.0 Å². The van der Waals surface area contributed by atoms with Gasteiger partial charge in [-0.2, -0.15) is 13.1 Å². The van der Waals surface area contributed by atoms with Gasteiger partial charge in [0.2, 0.25) is 0 Å². The first kappa shape index (κ1) is 14.1. The number of aliphatic hydroxyl groups is 1. The molecule has 0 fully saturated rings. The number of nitrogens with one attached hydrogen (secondary N) is 2. The van der Waals surface area contributed by atoms with E-state index in [0.717, 1.165) is 7.11 Å². The molecule has 0 aliphatic rings. The number of hydrogen-bond acceptors (Lipinski definition) is 5. The number of amides is 1. The Morgan fingerprint density at radius 1 is 1.53 bits per heavy atom. The van der Waals surface area contributed by atoms with Gasteiger partial charge in [0.1, 0.15) is 0 Å². The second-order valence-electron chi connectivity index (χ2n) is 3.06. The molecule has 15 heavy (non-hydrogen) atoms. The molecule has 0 aromatic carbocycles. The van der Waals surface area contributed by atoms with Crippen LogP contribution in [0.25, 0.3) is 0 Å². The summed E-state index contributed by atoms with van der Waals surface area (Å²) in [5.41, 5.74) is 0. The van der Waals surface area contributed by atoms with Crippen LogP contribution in [-0.2, 0) is 14.9 Å². The number of rotatable bonds is 6. The normalized spacial score (nSPS) is 13.3. The Bertz CT molecular complexity index is 290. The molecule has 0 heterocycles. The average molecular weight is 240 g/mol. The first-order chi connectivity index (χ1) is 6.91. The van der Waals surface area contributed by atoms with Gasteiger partial charge in [0.05, 0.1) is 7.11 Å². The maximum atomic E-state index is 11.1. The summed E-state index contributed by atoms with van der Waals surface area (Å²) < 4.78 is 30.2. The van der Waals surface area contributed by atoms with Gasteiger partial charge < -0.3 is 9.84 Å². The number of hydrogen-bond donors (Lipinski definition) is 3. The zero-order valence-corrected chi connectivity index (χ0v) is 9.50. The highest BCUT2D eigenvalue weighted by Crippen LogP contribution is 1.98. The van der Waals surface area contributed by atoms with Crippen LogP contribution in [0.15, 0.2) is 0 Å². The number of aliphatic hydroxyl groups excluding tert-OH is 1. The van der Waals surface area contributed by atoms with Crippen molar-refractivity contribution in [2.45, 2.75) is 13.3 Å². The molecule has 7 nitrogen and oxygen atoms in total. The number of carbonyl (C=O) groups is 1. The fraction of sp³-hybridized carbons (Fsp3) is 0.857. The Hall–Kier alpha value is -0.860. The highest BCUT2D eigenvalue weighted by Gasteiger charge is 2.14. The van der Waals surface area contributed by atoms with E-state index in [9.17, 15) is 13.2 Å². The summed E-state index contributed by atoms with van der Waals surface area (Å²) in [5, 5.41) is 8.58. The first-order valence-corrected chi connectivity index (χ1v) is 5.85. The van der Waals surface area contributed by atoms with Gasteiger partial charge in [-0.1, -0.05) is 6.92 Å². The van der Waals surface area contributed by atoms with Gasteiger partial charge >= 0.3 is 16.3 Å². The lowest BCUT2D eigenvalue weighted by Crippen LogP contribution is -2.41. The van der Waals surface area contributed by atoms with E-state index in [1.165, 1.54) is 0 Å². The molecule has 0 aliphatic heterocycles. The molecule has 1 unspecified atom stereocenters. The van der Waals surface area contributed by atoms with E-state index >= 15 is 0 Å². The van der Waals surface area contributed by atoms with Gasteiger partial charge in [0.25, 0.3) is 0 Å². The van der Waals surface area contributed by atoms with Crippen molar-refractivity contribution in [1.82, 2.24) is 9.44 Å². The quantitative estimate of drug-likeness (QED) is 0.563. The molecule has 0 radical (unpaired) electrons. The molecule has 8 heteroatoms. The molecule has 1 atom stereocenters. The predicted octanol–water partition coefficient (Wildman–Crippen LogP) is -0.805. The highest BCUT2D eigenvalue weighted by atomic mass is 32.2. The fourth-order valence-corrected chi connectivity index (χ4v) is 1.64. The van der Waals surface area contributed by atoms with Gasteiger partial charge in [-0.15, -0.1) is 0 Å². The van der Waals surface area contributed by atoms with E-state index in [4.69, 9.17) is 5.11 Å². The standard InChI is InChI=1S/C7H16N2O5S/c1-6(3-4-10)5-8-15(12,13)9-7(11)14-2/h6,8,10H,3-5H2,1-2H3,(H,9,11). The molecule has 3 N–H and O–H groups in total. The number of carbonyl (C=O) groups excluding carboxylic acids is 1. The van der Waals surface area contributed by atoms with Gasteiger partial charge in [-0.25, -0.2) is 9.52 Å². The molecule has 0 saturated heterocycles. The zero-order valence-electron chi connectivity index (χ0n) is 8.69. The summed E-state index contributed by atoms with van der Waals surface area (Å²) in [7, 11) is -2.79. The van der Waals surface area contributed by atoms with Crippen molar-refractivity contribution in [2.24, 2.45) is 5.92 Å². The van der Waals surface area contributed by atoms with Crippen LogP contribution in [-0.4, -0.2) is 39.9 Å². The Morgan fingerprint density at radius 2 is 2.13 bits per heavy atom. The van der Waals surface area contributed by atoms with E-state index in [1.54, 1.807) is 11.6 Å². The molecule has 1 amide bonds. The van der Waals surface area contributed by atoms with Crippen LogP contribution >= 0.6 is 0 Å². The molecular weight excluding hydrogens is 224 g/mol. The van der Waals surface area contributed by atoms with Crippen molar-refractivity contribution in [2.75, 3.05) is 20.3 Å². The monoisotopic (exact) mass is 240 g/mol. The van der Waals surface area contributed by atoms with Crippen molar-refractivity contribution in [3.8, 4) is 0 Å². The zero-order chi connectivity index (χ0) is 11.9. The topological polar surface area (TPSA) is 105 Å². The second kappa shape index (κ2) is 6.59. The van der Waals surface area contributed by atoms with Gasteiger partial charge in [0, 0.05) is 13.2 Å². The minimum atomic E-state index is -3.86. The first-order valence-electron chi connectivity index (χ1n) is 4.37. The Morgan fingerprint density at radius 3 is 2.60 bits per heavy atom. The molecule has 0 aromatic heterocycles. The summed E-state index contributed by atoms with van der Waals surface area (Å²) >= 11 is 0. The van der Waals surface area contributed by atoms with Crippen molar-refractivity contribution in [3.05, 3.63) is 0 Å². The van der Waals surface area contributed by atoms with Crippen LogP contribution < -0.4 is 9.44 Å². The molecule has 0 aromatic rings. The van der Waals surface area contributed by atoms with E-state index < -0.39 is 16.3 Å². The van der Waals surface area contributed by atoms with Crippen LogP contribution in [0, 0.1) is 5.92 Å². The lowest BCUT2D eigenvalue weighted by Gasteiger charge is -2.11. The molecule has 0 rings (SSSR count). The highest BCUT2D eigenvalue weighted by molar-refractivity contribution is 7.88. The molecule has 0 bridgehead atoms. The smallest absolute Gasteiger partial charge is 0.421 e. The fourth-order valence-electron chi connectivity index (χ4n) is 0.762. The number of ether oxygens (including phenoxy) is 1. The number of methoxy groups -OCH3 is 1. The van der Waals surface area contributed by atoms with Crippen molar-refractivity contribution in [3.63, 3.8) is 0 Å². The Kier molecular flexibility index (Phi) is 6.21. The second-order valence-corrected chi connectivity index (χ2v) is 4.56. The van der Waals surface area contributed by atoms with Crippen LogP contribution in [0.2, 0.25) is 0 Å². The van der Waals surface area contributed by atoms with Crippen molar-refractivity contribution in [1.29, 1.82) is 0 Å². The van der Waals surface area contributed by atoms with Crippen LogP contribution in [0.1, 0.15) is 13.3 Å². The van der Waals surface area contributed by atoms with Gasteiger partial charge in [-0.3, -0.25) is 0 Å². The van der Waals surface area contributed by atoms with Crippen molar-refractivity contribution >= 4 is 16.3 Å². The van der Waals surface area contributed by atoms with Crippen LogP contribution in [0.5, 0.6) is 0 Å². The largest absolute Gasteiger partial charge is 0.452 e. The summed E-state index contributed by atoms with van der Waals surface area (Å²) in [6, 6.07) is 0. The van der Waals surface area contributed by atoms with Crippen molar-refractivity contribution < 1.29 is 23.1 Å². The molecule has 0 saturated carbocycles. The minimum Gasteiger partial charge on any atom is -0.452 e. The Balaban J connectivity index is 3.99. The van der Waals surface area contributed by atoms with E-state index in [0.29, 0.717) is 6.42 Å². The summed E-state index contributed by atoms with van der Waals surface area (Å²) in [5.74, 6) is -0.00998. The van der Waals surface area contributed by atoms with E-state index in [-0.39, 0.29) is 19.1 Å². The molecule has 90 valence electrons. The SMILES string of the molecule is COC(=O)NS(=O)(=O)NCC(C)CCO. The van der Waals surface area contributed by atoms with Crippen LogP contribution in [0.4, 0.5) is 4.79 Å². The third kappa shape index (κ3) is 7.11. The van der Waals surface area contributed by atoms with E-state index in [1.807, 2.05) is 0 Å². The van der Waals surface area contributed by atoms with Gasteiger partial charge in [0.15, 0.2) is 0 Å². The maximum absolute atomic E-state index is 11.1. The third-order valence-electron chi connectivity index (χ3n) is 1.65. The van der Waals surface area contributed by atoms with Gasteiger partial charge in [-0.05, 0) is 12.3 Å². The summed E-state index contributed by atoms with van der Waals surface area (Å²) in [6.07, 6.45) is -0.557. The minimum absolute atomic E-state index is 0.00662. The maximum Gasteiger partial charge on any atom is 0.421 e. The lowest BCUT2D eigenvalue weighted by molar-refractivity contribution is 0.177. The summed E-state index contributed by atoms with van der Waals surface area (Å²) in [6.45, 7) is 1.91. The molecule has 0 aliphatic carbocycles. The third-order valence-corrected chi connectivity index (χ3v) is 2.63.